The van der Waals surface area contributed by atoms with Crippen molar-refractivity contribution in [3.63, 3.8) is 0 Å². The highest BCUT2D eigenvalue weighted by atomic mass is 32.2. The molecule has 0 atom stereocenters. The van der Waals surface area contributed by atoms with E-state index in [1.165, 1.54) is 26.2 Å². The molecule has 2 heterocycles. The number of aliphatic hydroxyl groups is 1. The highest BCUT2D eigenvalue weighted by Gasteiger charge is 2.29. The number of halogens is 1. The minimum absolute atomic E-state index is 0.164. The van der Waals surface area contributed by atoms with Crippen LogP contribution in [0.15, 0.2) is 59.4 Å². The lowest BCUT2D eigenvalue weighted by atomic mass is 9.96. The molecule has 0 aliphatic rings. The zero-order valence-electron chi connectivity index (χ0n) is 20.0. The van der Waals surface area contributed by atoms with Crippen molar-refractivity contribution in [1.82, 2.24) is 19.2 Å². The molecule has 3 N–H and O–H groups in total. The molecule has 11 heteroatoms. The van der Waals surface area contributed by atoms with Gasteiger partial charge >= 0.3 is 6.09 Å². The second kappa shape index (κ2) is 10.1. The number of fused-ring (bicyclic) bond motifs is 1. The van der Waals surface area contributed by atoms with E-state index >= 15 is 0 Å². The molecule has 0 aliphatic carbocycles. The van der Waals surface area contributed by atoms with Gasteiger partial charge in [0, 0.05) is 38.8 Å². The number of hydrogen-bond donors (Lipinski definition) is 3. The first-order valence-corrected chi connectivity index (χ1v) is 12.3. The summed E-state index contributed by atoms with van der Waals surface area (Å²) < 4.78 is 42.3. The van der Waals surface area contributed by atoms with Gasteiger partial charge in [-0.1, -0.05) is 12.1 Å². The van der Waals surface area contributed by atoms with E-state index in [4.69, 9.17) is 5.11 Å². The van der Waals surface area contributed by atoms with E-state index in [1.54, 1.807) is 48.9 Å². The minimum atomic E-state index is -3.57. The summed E-state index contributed by atoms with van der Waals surface area (Å²) in [5, 5.41) is 21.8. The Labute approximate surface area is 203 Å². The van der Waals surface area contributed by atoms with Crippen molar-refractivity contribution in [1.29, 1.82) is 0 Å². The van der Waals surface area contributed by atoms with E-state index in [1.807, 2.05) is 0 Å². The van der Waals surface area contributed by atoms with Crippen LogP contribution in [0, 0.1) is 0 Å². The first kappa shape index (κ1) is 26.3. The third kappa shape index (κ3) is 5.87. The van der Waals surface area contributed by atoms with Crippen LogP contribution < -0.4 is 5.32 Å². The first-order chi connectivity index (χ1) is 16.3. The zero-order chi connectivity index (χ0) is 26.0. The zero-order valence-corrected chi connectivity index (χ0v) is 20.8. The maximum Gasteiger partial charge on any atom is 0.404 e. The maximum atomic E-state index is 14.7. The lowest BCUT2D eigenvalue weighted by Gasteiger charge is -2.23. The monoisotopic (exact) mass is 504 g/mol. The standard InChI is InChI=1S/C24H29FN4O5S/c1-24(2,32)22-19(14-16-7-9-18(10-8-16)35(33,34)28(3)4)21-20(6-5-12-26-21)29(22)15-17(25)11-13-27-23(30)31/h5-12,27,32H,13-15H2,1-4H3,(H,30,31)/b17-11-. The molecule has 0 spiro atoms. The van der Waals surface area contributed by atoms with Gasteiger partial charge in [-0.3, -0.25) is 4.98 Å². The number of benzene rings is 1. The van der Waals surface area contributed by atoms with Crippen LogP contribution in [-0.2, 0) is 28.6 Å². The van der Waals surface area contributed by atoms with Crippen LogP contribution in [0.2, 0.25) is 0 Å². The molecule has 1 amide bonds. The molecule has 0 fully saturated rings. The predicted molar refractivity (Wildman–Crippen MR) is 130 cm³/mol. The van der Waals surface area contributed by atoms with Crippen molar-refractivity contribution in [3.8, 4) is 0 Å². The number of pyridine rings is 1. The summed E-state index contributed by atoms with van der Waals surface area (Å²) in [7, 11) is -0.642. The molecule has 0 bridgehead atoms. The molecule has 0 radical (unpaired) electrons. The highest BCUT2D eigenvalue weighted by molar-refractivity contribution is 7.89. The van der Waals surface area contributed by atoms with Crippen LogP contribution in [0.1, 0.15) is 30.7 Å². The fourth-order valence-corrected chi connectivity index (χ4v) is 4.83. The third-order valence-corrected chi connectivity index (χ3v) is 7.30. The lowest BCUT2D eigenvalue weighted by molar-refractivity contribution is 0.0694. The summed E-state index contributed by atoms with van der Waals surface area (Å²) in [6, 6.07) is 9.95. The Kier molecular flexibility index (Phi) is 7.63. The topological polar surface area (TPSA) is 125 Å². The van der Waals surface area contributed by atoms with E-state index < -0.39 is 27.5 Å². The van der Waals surface area contributed by atoms with Crippen molar-refractivity contribution < 1.29 is 27.8 Å². The number of allylic oxidation sites excluding steroid dienone is 1. The second-order valence-electron chi connectivity index (χ2n) is 8.79. The molecule has 0 unspecified atom stereocenters. The van der Waals surface area contributed by atoms with Gasteiger partial charge in [-0.2, -0.15) is 0 Å². The fraction of sp³-hybridized carbons (Fsp3) is 0.333. The summed E-state index contributed by atoms with van der Waals surface area (Å²) in [5.74, 6) is -0.574. The summed E-state index contributed by atoms with van der Waals surface area (Å²) in [6.07, 6.45) is 1.82. The van der Waals surface area contributed by atoms with Gasteiger partial charge in [-0.05, 0) is 49.8 Å². The summed E-state index contributed by atoms with van der Waals surface area (Å²) >= 11 is 0. The maximum absolute atomic E-state index is 14.7. The quantitative estimate of drug-likeness (QED) is 0.411. The largest absolute Gasteiger partial charge is 0.465 e. The van der Waals surface area contributed by atoms with E-state index in [-0.39, 0.29) is 18.0 Å². The van der Waals surface area contributed by atoms with Crippen molar-refractivity contribution >= 4 is 27.1 Å². The number of carbonyl (C=O) groups is 1. The van der Waals surface area contributed by atoms with Gasteiger partial charge < -0.3 is 20.1 Å². The molecule has 188 valence electrons. The number of amides is 1. The van der Waals surface area contributed by atoms with E-state index in [0.29, 0.717) is 28.7 Å². The van der Waals surface area contributed by atoms with Crippen molar-refractivity contribution in [2.75, 3.05) is 20.6 Å². The molecule has 0 aliphatic heterocycles. The molecule has 3 rings (SSSR count). The Morgan fingerprint density at radius 1 is 1.23 bits per heavy atom. The molecular formula is C24H29FN4O5S. The Bertz CT molecular complexity index is 1360. The number of carboxylic acid groups (broad SMARTS) is 1. The molecule has 0 saturated carbocycles. The molecule has 0 saturated heterocycles. The average Bonchev–Trinajstić information content (AvgIpc) is 3.07. The van der Waals surface area contributed by atoms with E-state index in [9.17, 15) is 22.7 Å². The number of nitrogens with one attached hydrogen (secondary N) is 1. The Hall–Kier alpha value is -3.28. The van der Waals surface area contributed by atoms with Crippen molar-refractivity contribution in [2.45, 2.75) is 37.3 Å². The smallest absolute Gasteiger partial charge is 0.404 e. The van der Waals surface area contributed by atoms with Gasteiger partial charge in [-0.25, -0.2) is 21.9 Å². The molecule has 35 heavy (non-hydrogen) atoms. The van der Waals surface area contributed by atoms with E-state index in [0.717, 1.165) is 15.9 Å². The first-order valence-electron chi connectivity index (χ1n) is 10.8. The number of aromatic nitrogens is 2. The predicted octanol–water partition coefficient (Wildman–Crippen LogP) is 3.23. The van der Waals surface area contributed by atoms with Crippen LogP contribution in [0.3, 0.4) is 0 Å². The molecular weight excluding hydrogens is 475 g/mol. The van der Waals surface area contributed by atoms with Crippen molar-refractivity contribution in [3.05, 3.63) is 71.3 Å². The minimum Gasteiger partial charge on any atom is -0.465 e. The second-order valence-corrected chi connectivity index (χ2v) is 10.9. The Morgan fingerprint density at radius 3 is 2.46 bits per heavy atom. The van der Waals surface area contributed by atoms with Crippen LogP contribution in [-0.4, -0.2) is 59.2 Å². The van der Waals surface area contributed by atoms with Gasteiger partial charge in [0.2, 0.25) is 10.0 Å². The van der Waals surface area contributed by atoms with Gasteiger partial charge in [0.05, 0.1) is 33.8 Å². The van der Waals surface area contributed by atoms with E-state index in [2.05, 4.69) is 10.3 Å². The van der Waals surface area contributed by atoms with Gasteiger partial charge in [0.15, 0.2) is 0 Å². The lowest BCUT2D eigenvalue weighted by Crippen LogP contribution is -2.24. The SMILES string of the molecule is CN(C)S(=O)(=O)c1ccc(Cc2c(C(C)(C)O)n(C/C(F)=C/CNC(=O)O)c3cccnc23)cc1. The van der Waals surface area contributed by atoms with Crippen LogP contribution in [0.5, 0.6) is 0 Å². The number of sulfonamides is 1. The van der Waals surface area contributed by atoms with Gasteiger partial charge in [0.25, 0.3) is 0 Å². The summed E-state index contributed by atoms with van der Waals surface area (Å²) in [5.41, 5.74) is 1.79. The number of hydrogen-bond acceptors (Lipinski definition) is 5. The fourth-order valence-electron chi connectivity index (χ4n) is 3.93. The summed E-state index contributed by atoms with van der Waals surface area (Å²) in [6.45, 7) is 2.79. The van der Waals surface area contributed by atoms with Crippen LogP contribution in [0.25, 0.3) is 11.0 Å². The Morgan fingerprint density at radius 2 is 1.89 bits per heavy atom. The molecule has 3 aromatic rings. The highest BCUT2D eigenvalue weighted by Crippen LogP contribution is 2.35. The third-order valence-electron chi connectivity index (χ3n) is 5.47. The summed E-state index contributed by atoms with van der Waals surface area (Å²) in [4.78, 5) is 15.3. The van der Waals surface area contributed by atoms with Gasteiger partial charge in [0.1, 0.15) is 5.83 Å². The Balaban J connectivity index is 2.07. The van der Waals surface area contributed by atoms with Crippen molar-refractivity contribution in [2.24, 2.45) is 0 Å². The van der Waals surface area contributed by atoms with Crippen LogP contribution >= 0.6 is 0 Å². The molecule has 2 aromatic heterocycles. The van der Waals surface area contributed by atoms with Gasteiger partial charge in [-0.15, -0.1) is 0 Å². The molecule has 9 nitrogen and oxygen atoms in total. The van der Waals surface area contributed by atoms with Crippen LogP contribution in [0.4, 0.5) is 9.18 Å². The number of nitrogens with zero attached hydrogens (tertiary/aromatic N) is 3. The average molecular weight is 505 g/mol. The normalized spacial score (nSPS) is 12.9. The number of rotatable bonds is 9. The molecule has 1 aromatic carbocycles.